The van der Waals surface area contributed by atoms with Crippen LogP contribution in [0.4, 0.5) is 11.4 Å². The quantitative estimate of drug-likeness (QED) is 0.343. The molecule has 0 atom stereocenters. The van der Waals surface area contributed by atoms with E-state index < -0.39 is 11.8 Å². The molecule has 0 unspecified atom stereocenters. The summed E-state index contributed by atoms with van der Waals surface area (Å²) in [7, 11) is 1.78. The van der Waals surface area contributed by atoms with Gasteiger partial charge >= 0.3 is 0 Å². The number of aryl methyl sites for hydroxylation is 2. The van der Waals surface area contributed by atoms with Crippen LogP contribution in [0.5, 0.6) is 5.75 Å². The number of aromatic nitrogens is 4. The van der Waals surface area contributed by atoms with E-state index in [9.17, 15) is 9.59 Å². The summed E-state index contributed by atoms with van der Waals surface area (Å²) in [4.78, 5) is 25.8. The van der Waals surface area contributed by atoms with Crippen LogP contribution in [0, 0.1) is 6.92 Å². The summed E-state index contributed by atoms with van der Waals surface area (Å²) in [5.41, 5.74) is 1.81. The number of amides is 2. The minimum atomic E-state index is -0.539. The number of benzene rings is 1. The van der Waals surface area contributed by atoms with Crippen LogP contribution in [0.15, 0.2) is 47.1 Å². The lowest BCUT2D eigenvalue weighted by atomic mass is 10.3. The molecule has 0 saturated carbocycles. The molecule has 4 rings (SSSR count). The lowest BCUT2D eigenvalue weighted by Gasteiger charge is -2.09. The van der Waals surface area contributed by atoms with Crippen molar-refractivity contribution in [2.75, 3.05) is 10.6 Å². The molecule has 1 aromatic carbocycles. The van der Waals surface area contributed by atoms with E-state index in [1.54, 1.807) is 42.2 Å². The first kappa shape index (κ1) is 24.4. The van der Waals surface area contributed by atoms with Gasteiger partial charge < -0.3 is 19.8 Å². The Hall–Kier alpha value is -3.76. The normalized spacial score (nSPS) is 10.9. The van der Waals surface area contributed by atoms with Crippen LogP contribution in [0.2, 0.25) is 10.0 Å². The number of nitrogens with one attached hydrogen (secondary N) is 2. The first-order valence-corrected chi connectivity index (χ1v) is 11.4. The predicted octanol–water partition coefficient (Wildman–Crippen LogP) is 4.93. The fourth-order valence-corrected chi connectivity index (χ4v) is 3.72. The number of ether oxygens (including phenoxy) is 1. The number of hydrogen-bond donors (Lipinski definition) is 2. The zero-order valence-electron chi connectivity index (χ0n) is 19.1. The molecule has 3 heterocycles. The van der Waals surface area contributed by atoms with Crippen LogP contribution >= 0.6 is 23.2 Å². The van der Waals surface area contributed by atoms with Gasteiger partial charge in [0.1, 0.15) is 23.8 Å². The van der Waals surface area contributed by atoms with E-state index in [4.69, 9.17) is 32.4 Å². The highest BCUT2D eigenvalue weighted by Crippen LogP contribution is 2.28. The summed E-state index contributed by atoms with van der Waals surface area (Å²) in [6, 6.07) is 8.00. The third kappa shape index (κ3) is 5.33. The molecule has 35 heavy (non-hydrogen) atoms. The van der Waals surface area contributed by atoms with Crippen molar-refractivity contribution in [2.45, 2.75) is 27.0 Å². The predicted molar refractivity (Wildman–Crippen MR) is 131 cm³/mol. The molecule has 4 aromatic rings. The fraction of sp³-hybridized carbons (Fsp3) is 0.217. The van der Waals surface area contributed by atoms with Gasteiger partial charge in [0.25, 0.3) is 11.8 Å². The van der Waals surface area contributed by atoms with Crippen LogP contribution in [0.1, 0.15) is 39.4 Å². The molecule has 0 fully saturated rings. The number of rotatable bonds is 8. The molecular weight excluding hydrogens is 495 g/mol. The van der Waals surface area contributed by atoms with Crippen LogP contribution < -0.4 is 15.4 Å². The number of carbonyl (C=O) groups excluding carboxylic acids is 2. The molecule has 0 bridgehead atoms. The molecule has 2 N–H and O–H groups in total. The first-order chi connectivity index (χ1) is 16.8. The van der Waals surface area contributed by atoms with E-state index in [1.807, 2.05) is 13.8 Å². The maximum Gasteiger partial charge on any atom is 0.291 e. The molecule has 0 saturated heterocycles. The summed E-state index contributed by atoms with van der Waals surface area (Å²) in [5.74, 6) is -0.0722. The van der Waals surface area contributed by atoms with Gasteiger partial charge in [0.2, 0.25) is 0 Å². The minimum absolute atomic E-state index is 0.0458. The van der Waals surface area contributed by atoms with Gasteiger partial charge in [-0.05, 0) is 44.2 Å². The van der Waals surface area contributed by atoms with E-state index in [1.165, 1.54) is 16.9 Å². The molecule has 0 aliphatic rings. The van der Waals surface area contributed by atoms with Crippen LogP contribution in [0.25, 0.3) is 0 Å². The molecule has 0 radical (unpaired) electrons. The van der Waals surface area contributed by atoms with Gasteiger partial charge in [0.15, 0.2) is 5.76 Å². The Kier molecular flexibility index (Phi) is 7.13. The van der Waals surface area contributed by atoms with Gasteiger partial charge in [0.05, 0.1) is 34.5 Å². The Morgan fingerprint density at radius 3 is 2.49 bits per heavy atom. The molecule has 0 aliphatic carbocycles. The monoisotopic (exact) mass is 516 g/mol. The van der Waals surface area contributed by atoms with Gasteiger partial charge in [-0.2, -0.15) is 10.2 Å². The molecule has 12 heteroatoms. The summed E-state index contributed by atoms with van der Waals surface area (Å²) >= 11 is 12.0. The Balaban J connectivity index is 1.45. The minimum Gasteiger partial charge on any atom is -0.484 e. The third-order valence-electron chi connectivity index (χ3n) is 5.24. The smallest absolute Gasteiger partial charge is 0.291 e. The van der Waals surface area contributed by atoms with Gasteiger partial charge in [-0.25, -0.2) is 0 Å². The van der Waals surface area contributed by atoms with Crippen molar-refractivity contribution in [1.29, 1.82) is 0 Å². The summed E-state index contributed by atoms with van der Waals surface area (Å²) in [6.07, 6.45) is 2.98. The van der Waals surface area contributed by atoms with Crippen LogP contribution in [0.3, 0.4) is 0 Å². The number of nitrogens with zero attached hydrogens (tertiary/aromatic N) is 4. The van der Waals surface area contributed by atoms with Crippen molar-refractivity contribution in [1.82, 2.24) is 19.6 Å². The maximum atomic E-state index is 13.0. The molecule has 10 nitrogen and oxygen atoms in total. The number of furan rings is 1. The average molecular weight is 517 g/mol. The number of halogens is 2. The summed E-state index contributed by atoms with van der Waals surface area (Å²) in [6.45, 7) is 4.17. The van der Waals surface area contributed by atoms with Gasteiger partial charge in [-0.15, -0.1) is 0 Å². The lowest BCUT2D eigenvalue weighted by Crippen LogP contribution is -2.21. The Bertz CT molecular complexity index is 1390. The topological polar surface area (TPSA) is 116 Å². The highest BCUT2D eigenvalue weighted by atomic mass is 35.5. The summed E-state index contributed by atoms with van der Waals surface area (Å²) < 4.78 is 14.4. The van der Waals surface area contributed by atoms with E-state index in [-0.39, 0.29) is 23.7 Å². The Morgan fingerprint density at radius 1 is 1.06 bits per heavy atom. The van der Waals surface area contributed by atoms with Crippen molar-refractivity contribution in [3.8, 4) is 5.75 Å². The van der Waals surface area contributed by atoms with Gasteiger partial charge in [-0.3, -0.25) is 19.0 Å². The van der Waals surface area contributed by atoms with Crippen LogP contribution in [-0.2, 0) is 20.2 Å². The zero-order valence-corrected chi connectivity index (χ0v) is 20.6. The standard InChI is InChI=1S/C23H22Cl2N6O4/c1-4-31-21(23(33)28-17-10-26-30(3)13(17)2)18(11-27-31)29-22(32)20-8-6-15(35-20)12-34-19-7-5-14(24)9-16(19)25/h5-11H,4,12H2,1-3H3,(H,28,33)(H,29,32). The van der Waals surface area contributed by atoms with Crippen molar-refractivity contribution in [3.63, 3.8) is 0 Å². The number of anilines is 2. The maximum absolute atomic E-state index is 13.0. The lowest BCUT2D eigenvalue weighted by molar-refractivity contribution is 0.0992. The molecule has 0 spiro atoms. The third-order valence-corrected chi connectivity index (χ3v) is 5.77. The SMILES string of the molecule is CCn1ncc(NC(=O)c2ccc(COc3ccc(Cl)cc3Cl)o2)c1C(=O)Nc1cnn(C)c1C. The molecule has 2 amide bonds. The van der Waals surface area contributed by atoms with E-state index >= 15 is 0 Å². The number of carbonyl (C=O) groups is 2. The van der Waals surface area contributed by atoms with Crippen LogP contribution in [-0.4, -0.2) is 31.4 Å². The van der Waals surface area contributed by atoms with Crippen molar-refractivity contribution < 1.29 is 18.7 Å². The number of hydrogen-bond acceptors (Lipinski definition) is 6. The highest BCUT2D eigenvalue weighted by Gasteiger charge is 2.22. The highest BCUT2D eigenvalue weighted by molar-refractivity contribution is 6.35. The van der Waals surface area contributed by atoms with Gasteiger partial charge in [0, 0.05) is 18.6 Å². The van der Waals surface area contributed by atoms with Crippen molar-refractivity contribution in [2.24, 2.45) is 7.05 Å². The molecular formula is C23H22Cl2N6O4. The fourth-order valence-electron chi connectivity index (χ4n) is 3.26. The van der Waals surface area contributed by atoms with Gasteiger partial charge in [-0.1, -0.05) is 23.2 Å². The van der Waals surface area contributed by atoms with Crippen molar-refractivity contribution >= 4 is 46.4 Å². The largest absolute Gasteiger partial charge is 0.484 e. The molecule has 3 aromatic heterocycles. The van der Waals surface area contributed by atoms with Crippen molar-refractivity contribution in [3.05, 3.63) is 75.7 Å². The second-order valence-electron chi connectivity index (χ2n) is 7.53. The second kappa shape index (κ2) is 10.2. The Labute approximate surface area is 210 Å². The van der Waals surface area contributed by atoms with E-state index in [0.717, 1.165) is 5.69 Å². The first-order valence-electron chi connectivity index (χ1n) is 10.6. The van der Waals surface area contributed by atoms with E-state index in [0.29, 0.717) is 33.8 Å². The average Bonchev–Trinajstić information content (AvgIpc) is 3.54. The van der Waals surface area contributed by atoms with E-state index in [2.05, 4.69) is 20.8 Å². The summed E-state index contributed by atoms with van der Waals surface area (Å²) in [5, 5.41) is 14.7. The molecule has 182 valence electrons. The second-order valence-corrected chi connectivity index (χ2v) is 8.37. The Morgan fingerprint density at radius 2 is 1.80 bits per heavy atom. The molecule has 0 aliphatic heterocycles. The zero-order chi connectivity index (χ0) is 25.1.